The Kier molecular flexibility index (Phi) is 4.25. The summed E-state index contributed by atoms with van der Waals surface area (Å²) < 4.78 is 25.9. The largest absolute Gasteiger partial charge is 0.352 e. The molecule has 1 aromatic carbocycles. The minimum atomic E-state index is -0.633. The number of amides is 1. The first-order chi connectivity index (χ1) is 8.65. The van der Waals surface area contributed by atoms with Crippen molar-refractivity contribution in [3.05, 3.63) is 35.4 Å². The lowest BCUT2D eigenvalue weighted by atomic mass is 10.2. The Morgan fingerprint density at radius 2 is 2.11 bits per heavy atom. The van der Waals surface area contributed by atoms with E-state index in [1.165, 1.54) is 25.0 Å². The van der Waals surface area contributed by atoms with Gasteiger partial charge in [-0.25, -0.2) is 8.78 Å². The quantitative estimate of drug-likeness (QED) is 0.811. The molecule has 0 aromatic heterocycles. The van der Waals surface area contributed by atoms with Crippen LogP contribution in [0.4, 0.5) is 8.78 Å². The number of benzene rings is 1. The van der Waals surface area contributed by atoms with E-state index in [2.05, 4.69) is 10.6 Å². The van der Waals surface area contributed by atoms with Crippen molar-refractivity contribution in [3.8, 4) is 0 Å². The zero-order chi connectivity index (χ0) is 13.0. The van der Waals surface area contributed by atoms with Crippen LogP contribution in [0.1, 0.15) is 24.8 Å². The van der Waals surface area contributed by atoms with E-state index in [-0.39, 0.29) is 12.5 Å². The Bertz CT molecular complexity index is 433. The maximum atomic E-state index is 13.3. The minimum Gasteiger partial charge on any atom is -0.352 e. The lowest BCUT2D eigenvalue weighted by Gasteiger charge is -2.07. The molecule has 1 amide bonds. The van der Waals surface area contributed by atoms with Crippen LogP contribution in [0.3, 0.4) is 0 Å². The number of hydrogen-bond donors (Lipinski definition) is 2. The second kappa shape index (κ2) is 5.91. The molecule has 0 atom stereocenters. The molecule has 2 N–H and O–H groups in total. The summed E-state index contributed by atoms with van der Waals surface area (Å²) >= 11 is 0. The number of rotatable bonds is 6. The van der Waals surface area contributed by atoms with Gasteiger partial charge in [0.2, 0.25) is 5.91 Å². The average Bonchev–Trinajstić information content (AvgIpc) is 3.12. The molecule has 5 heteroatoms. The third-order valence-corrected chi connectivity index (χ3v) is 2.85. The first-order valence-corrected chi connectivity index (χ1v) is 6.09. The molecule has 98 valence electrons. The fraction of sp³-hybridized carbons (Fsp3) is 0.462. The number of carbonyl (C=O) groups is 1. The summed E-state index contributed by atoms with van der Waals surface area (Å²) in [5.74, 6) is -1.38. The zero-order valence-electron chi connectivity index (χ0n) is 10.0. The zero-order valence-corrected chi connectivity index (χ0v) is 10.0. The van der Waals surface area contributed by atoms with Crippen molar-refractivity contribution in [2.45, 2.75) is 31.8 Å². The second-order valence-corrected chi connectivity index (χ2v) is 4.49. The van der Waals surface area contributed by atoms with Crippen LogP contribution in [-0.4, -0.2) is 18.5 Å². The van der Waals surface area contributed by atoms with Gasteiger partial charge in [-0.05, 0) is 18.9 Å². The summed E-state index contributed by atoms with van der Waals surface area (Å²) in [4.78, 5) is 11.4. The van der Waals surface area contributed by atoms with E-state index >= 15 is 0 Å². The van der Waals surface area contributed by atoms with Gasteiger partial charge in [0.1, 0.15) is 11.6 Å². The molecule has 1 saturated carbocycles. The Balaban J connectivity index is 1.70. The molecule has 0 spiro atoms. The fourth-order valence-corrected chi connectivity index (χ4v) is 1.62. The summed E-state index contributed by atoms with van der Waals surface area (Å²) in [5, 5.41) is 5.83. The molecule has 3 nitrogen and oxygen atoms in total. The van der Waals surface area contributed by atoms with E-state index in [1.54, 1.807) is 0 Å². The molecule has 0 aliphatic heterocycles. The third kappa shape index (κ3) is 4.07. The monoisotopic (exact) mass is 254 g/mol. The van der Waals surface area contributed by atoms with Crippen molar-refractivity contribution < 1.29 is 13.6 Å². The van der Waals surface area contributed by atoms with Gasteiger partial charge >= 0.3 is 0 Å². The van der Waals surface area contributed by atoms with Gasteiger partial charge in [0, 0.05) is 37.2 Å². The smallest absolute Gasteiger partial charge is 0.221 e. The maximum Gasteiger partial charge on any atom is 0.221 e. The molecule has 1 fully saturated rings. The average molecular weight is 254 g/mol. The van der Waals surface area contributed by atoms with Gasteiger partial charge in [0.25, 0.3) is 0 Å². The van der Waals surface area contributed by atoms with Crippen LogP contribution in [0.2, 0.25) is 0 Å². The van der Waals surface area contributed by atoms with Crippen LogP contribution in [0, 0.1) is 11.6 Å². The summed E-state index contributed by atoms with van der Waals surface area (Å²) in [6.45, 7) is 0.733. The summed E-state index contributed by atoms with van der Waals surface area (Å²) in [6.07, 6.45) is 2.74. The molecular weight excluding hydrogens is 238 g/mol. The highest BCUT2D eigenvalue weighted by Gasteiger charge is 2.20. The molecule has 1 aliphatic rings. The molecule has 1 aromatic rings. The first-order valence-electron chi connectivity index (χ1n) is 6.09. The van der Waals surface area contributed by atoms with Gasteiger partial charge in [-0.15, -0.1) is 0 Å². The van der Waals surface area contributed by atoms with Crippen molar-refractivity contribution in [1.29, 1.82) is 0 Å². The van der Waals surface area contributed by atoms with E-state index in [0.29, 0.717) is 24.6 Å². The summed E-state index contributed by atoms with van der Waals surface area (Å²) in [7, 11) is 0. The van der Waals surface area contributed by atoms with Crippen LogP contribution >= 0.6 is 0 Å². The predicted molar refractivity (Wildman–Crippen MR) is 63.8 cm³/mol. The molecule has 2 rings (SSSR count). The fourth-order valence-electron chi connectivity index (χ4n) is 1.62. The highest BCUT2D eigenvalue weighted by molar-refractivity contribution is 5.76. The molecule has 18 heavy (non-hydrogen) atoms. The number of nitrogens with one attached hydrogen (secondary N) is 2. The normalized spacial score (nSPS) is 14.6. The van der Waals surface area contributed by atoms with Gasteiger partial charge in [-0.2, -0.15) is 0 Å². The van der Waals surface area contributed by atoms with Gasteiger partial charge < -0.3 is 10.6 Å². The van der Waals surface area contributed by atoms with Crippen LogP contribution in [0.5, 0.6) is 0 Å². The molecule has 1 aliphatic carbocycles. The number of halogens is 2. The van der Waals surface area contributed by atoms with Crippen LogP contribution in [0.25, 0.3) is 0 Å². The Morgan fingerprint density at radius 3 is 2.78 bits per heavy atom. The number of carbonyl (C=O) groups excluding carboxylic acids is 1. The molecule has 0 unspecified atom stereocenters. The van der Waals surface area contributed by atoms with Gasteiger partial charge in [0.05, 0.1) is 0 Å². The Morgan fingerprint density at radius 1 is 1.33 bits per heavy atom. The topological polar surface area (TPSA) is 41.1 Å². The van der Waals surface area contributed by atoms with Crippen LogP contribution in [0.15, 0.2) is 18.2 Å². The van der Waals surface area contributed by atoms with E-state index < -0.39 is 11.6 Å². The highest BCUT2D eigenvalue weighted by atomic mass is 19.1. The lowest BCUT2D eigenvalue weighted by molar-refractivity contribution is -0.121. The van der Waals surface area contributed by atoms with E-state index in [0.717, 1.165) is 6.07 Å². The standard InChI is InChI=1S/C13H16F2N2O/c14-10-2-1-9(12(15)7-10)8-17-13(18)5-6-16-11-3-4-11/h1-2,7,11,16H,3-6,8H2,(H,17,18). The van der Waals surface area contributed by atoms with Crippen molar-refractivity contribution >= 4 is 5.91 Å². The number of hydrogen-bond acceptors (Lipinski definition) is 2. The second-order valence-electron chi connectivity index (χ2n) is 4.49. The van der Waals surface area contributed by atoms with E-state index in [4.69, 9.17) is 0 Å². The van der Waals surface area contributed by atoms with Crippen molar-refractivity contribution in [1.82, 2.24) is 10.6 Å². The van der Waals surface area contributed by atoms with Crippen LogP contribution < -0.4 is 10.6 Å². The van der Waals surface area contributed by atoms with Crippen molar-refractivity contribution in [3.63, 3.8) is 0 Å². The van der Waals surface area contributed by atoms with Crippen molar-refractivity contribution in [2.75, 3.05) is 6.54 Å². The summed E-state index contributed by atoms with van der Waals surface area (Å²) in [6, 6.07) is 3.91. The highest BCUT2D eigenvalue weighted by Crippen LogP contribution is 2.18. The Hall–Kier alpha value is -1.49. The van der Waals surface area contributed by atoms with E-state index in [1.807, 2.05) is 0 Å². The Labute approximate surface area is 105 Å². The van der Waals surface area contributed by atoms with Crippen LogP contribution in [-0.2, 0) is 11.3 Å². The molecule has 0 radical (unpaired) electrons. The predicted octanol–water partition coefficient (Wildman–Crippen LogP) is 1.72. The maximum absolute atomic E-state index is 13.3. The van der Waals surface area contributed by atoms with E-state index in [9.17, 15) is 13.6 Å². The lowest BCUT2D eigenvalue weighted by Crippen LogP contribution is -2.28. The SMILES string of the molecule is O=C(CCNC1CC1)NCc1ccc(F)cc1F. The molecule has 0 bridgehead atoms. The summed E-state index contributed by atoms with van der Waals surface area (Å²) in [5.41, 5.74) is 0.292. The molecular formula is C13H16F2N2O. The molecule has 0 saturated heterocycles. The van der Waals surface area contributed by atoms with Gasteiger partial charge in [0.15, 0.2) is 0 Å². The van der Waals surface area contributed by atoms with Crippen molar-refractivity contribution in [2.24, 2.45) is 0 Å². The first kappa shape index (κ1) is 13.0. The third-order valence-electron chi connectivity index (χ3n) is 2.85. The molecule has 0 heterocycles. The minimum absolute atomic E-state index is 0.0916. The van der Waals surface area contributed by atoms with Gasteiger partial charge in [-0.3, -0.25) is 4.79 Å². The van der Waals surface area contributed by atoms with Gasteiger partial charge in [-0.1, -0.05) is 6.07 Å².